The lowest BCUT2D eigenvalue weighted by Gasteiger charge is -2.14. The van der Waals surface area contributed by atoms with Crippen molar-refractivity contribution < 1.29 is 0 Å². The van der Waals surface area contributed by atoms with Gasteiger partial charge in [-0.15, -0.1) is 0 Å². The van der Waals surface area contributed by atoms with E-state index in [1.54, 1.807) is 0 Å². The van der Waals surface area contributed by atoms with Crippen molar-refractivity contribution in [1.82, 2.24) is 9.97 Å². The third-order valence-corrected chi connectivity index (χ3v) is 3.81. The number of nitrogens with zero attached hydrogens (tertiary/aromatic N) is 2. The van der Waals surface area contributed by atoms with Crippen molar-refractivity contribution in [1.29, 1.82) is 0 Å². The van der Waals surface area contributed by atoms with Crippen molar-refractivity contribution in [2.75, 3.05) is 5.32 Å². The van der Waals surface area contributed by atoms with E-state index in [9.17, 15) is 0 Å². The molecule has 3 rings (SSSR count). The molecule has 2 heterocycles. The predicted octanol–water partition coefficient (Wildman–Crippen LogP) is 4.61. The summed E-state index contributed by atoms with van der Waals surface area (Å²) in [5.74, 6) is 0. The van der Waals surface area contributed by atoms with Crippen LogP contribution in [0.15, 0.2) is 36.4 Å². The second kappa shape index (κ2) is 5.17. The number of hydrogen-bond donors (Lipinski definition) is 1. The van der Waals surface area contributed by atoms with Crippen LogP contribution in [0.3, 0.4) is 0 Å². The summed E-state index contributed by atoms with van der Waals surface area (Å²) in [5.41, 5.74) is 7.47. The van der Waals surface area contributed by atoms with Crippen LogP contribution < -0.4 is 5.32 Å². The van der Waals surface area contributed by atoms with Gasteiger partial charge in [0.1, 0.15) is 0 Å². The minimum atomic E-state index is 0.794. The summed E-state index contributed by atoms with van der Waals surface area (Å²) < 4.78 is 0. The van der Waals surface area contributed by atoms with E-state index in [0.29, 0.717) is 0 Å². The SMILES string of the molecule is Cc1ccc2c(Nc3cccc(C)c3C)cc(C)nc2n1. The molecule has 0 radical (unpaired) electrons. The Morgan fingerprint density at radius 1 is 0.810 bits per heavy atom. The molecule has 0 atom stereocenters. The maximum atomic E-state index is 4.53. The Morgan fingerprint density at radius 3 is 2.38 bits per heavy atom. The highest BCUT2D eigenvalue weighted by molar-refractivity contribution is 5.91. The molecule has 0 aliphatic carbocycles. The molecule has 3 nitrogen and oxygen atoms in total. The molecule has 0 saturated carbocycles. The van der Waals surface area contributed by atoms with Crippen LogP contribution in [0.25, 0.3) is 11.0 Å². The van der Waals surface area contributed by atoms with Crippen LogP contribution >= 0.6 is 0 Å². The second-order valence-corrected chi connectivity index (χ2v) is 5.51. The molecule has 21 heavy (non-hydrogen) atoms. The van der Waals surface area contributed by atoms with E-state index < -0.39 is 0 Å². The Hall–Kier alpha value is -2.42. The highest BCUT2D eigenvalue weighted by Gasteiger charge is 2.08. The van der Waals surface area contributed by atoms with Crippen LogP contribution in [0.5, 0.6) is 0 Å². The average Bonchev–Trinajstić information content (AvgIpc) is 2.43. The summed E-state index contributed by atoms with van der Waals surface area (Å²) in [6.07, 6.45) is 0. The van der Waals surface area contributed by atoms with Crippen molar-refractivity contribution in [2.45, 2.75) is 27.7 Å². The number of aryl methyl sites for hydroxylation is 3. The molecule has 0 bridgehead atoms. The van der Waals surface area contributed by atoms with Gasteiger partial charge >= 0.3 is 0 Å². The first-order valence-electron chi connectivity index (χ1n) is 7.13. The van der Waals surface area contributed by atoms with E-state index in [4.69, 9.17) is 0 Å². The fourth-order valence-corrected chi connectivity index (χ4v) is 2.46. The largest absolute Gasteiger partial charge is 0.355 e. The minimum Gasteiger partial charge on any atom is -0.355 e. The molecule has 0 aliphatic heterocycles. The van der Waals surface area contributed by atoms with E-state index in [1.807, 2.05) is 19.9 Å². The molecule has 3 heteroatoms. The van der Waals surface area contributed by atoms with Gasteiger partial charge in [-0.05, 0) is 63.1 Å². The lowest BCUT2D eigenvalue weighted by molar-refractivity contribution is 1.16. The molecular weight excluding hydrogens is 258 g/mol. The molecule has 0 amide bonds. The standard InChI is InChI=1S/C18H19N3/c1-11-6-5-7-16(14(11)4)21-17-10-13(3)20-18-15(17)9-8-12(2)19-18/h5-10H,1-4H3,(H,19,20,21). The molecule has 3 aromatic rings. The Bertz CT molecular complexity index is 817. The van der Waals surface area contributed by atoms with Crippen LogP contribution in [0.1, 0.15) is 22.5 Å². The van der Waals surface area contributed by atoms with E-state index in [1.165, 1.54) is 11.1 Å². The topological polar surface area (TPSA) is 37.8 Å². The van der Waals surface area contributed by atoms with Gasteiger partial charge in [0.25, 0.3) is 0 Å². The monoisotopic (exact) mass is 277 g/mol. The highest BCUT2D eigenvalue weighted by atomic mass is 14.9. The Labute approximate surface area is 125 Å². The smallest absolute Gasteiger partial charge is 0.161 e. The summed E-state index contributed by atoms with van der Waals surface area (Å²) in [6.45, 7) is 8.25. The van der Waals surface area contributed by atoms with E-state index in [-0.39, 0.29) is 0 Å². The lowest BCUT2D eigenvalue weighted by atomic mass is 10.1. The van der Waals surface area contributed by atoms with Gasteiger partial charge in [-0.1, -0.05) is 12.1 Å². The van der Waals surface area contributed by atoms with Gasteiger partial charge < -0.3 is 5.32 Å². The molecule has 0 unspecified atom stereocenters. The number of nitrogens with one attached hydrogen (secondary N) is 1. The fourth-order valence-electron chi connectivity index (χ4n) is 2.46. The summed E-state index contributed by atoms with van der Waals surface area (Å²) in [6, 6.07) is 12.5. The van der Waals surface area contributed by atoms with Crippen molar-refractivity contribution in [2.24, 2.45) is 0 Å². The van der Waals surface area contributed by atoms with Crippen molar-refractivity contribution in [3.8, 4) is 0 Å². The molecule has 1 aromatic carbocycles. The summed E-state index contributed by atoms with van der Waals surface area (Å²) >= 11 is 0. The third-order valence-electron chi connectivity index (χ3n) is 3.81. The van der Waals surface area contributed by atoms with Crippen LogP contribution in [0.2, 0.25) is 0 Å². The van der Waals surface area contributed by atoms with Crippen LogP contribution in [0.4, 0.5) is 11.4 Å². The number of aromatic nitrogens is 2. The first-order chi connectivity index (χ1) is 10.0. The van der Waals surface area contributed by atoms with Crippen molar-refractivity contribution in [3.63, 3.8) is 0 Å². The number of rotatable bonds is 2. The van der Waals surface area contributed by atoms with Crippen LogP contribution in [-0.2, 0) is 0 Å². The summed E-state index contributed by atoms with van der Waals surface area (Å²) in [7, 11) is 0. The summed E-state index contributed by atoms with van der Waals surface area (Å²) in [4.78, 5) is 9.06. The van der Waals surface area contributed by atoms with E-state index in [2.05, 4.69) is 59.5 Å². The van der Waals surface area contributed by atoms with Gasteiger partial charge in [0.05, 0.1) is 5.69 Å². The van der Waals surface area contributed by atoms with Gasteiger partial charge in [-0.2, -0.15) is 0 Å². The normalized spacial score (nSPS) is 10.9. The van der Waals surface area contributed by atoms with Crippen LogP contribution in [-0.4, -0.2) is 9.97 Å². The number of pyridine rings is 2. The zero-order valence-corrected chi connectivity index (χ0v) is 12.9. The zero-order valence-electron chi connectivity index (χ0n) is 12.9. The molecule has 2 aromatic heterocycles. The van der Waals surface area contributed by atoms with Crippen molar-refractivity contribution >= 4 is 22.4 Å². The number of fused-ring (bicyclic) bond motifs is 1. The molecule has 106 valence electrons. The number of anilines is 2. The molecule has 0 fully saturated rings. The van der Waals surface area contributed by atoms with Gasteiger partial charge in [-0.25, -0.2) is 9.97 Å². The zero-order chi connectivity index (χ0) is 15.0. The minimum absolute atomic E-state index is 0.794. The average molecular weight is 277 g/mol. The molecule has 0 spiro atoms. The Balaban J connectivity index is 2.14. The first-order valence-corrected chi connectivity index (χ1v) is 7.13. The quantitative estimate of drug-likeness (QED) is 0.743. The van der Waals surface area contributed by atoms with E-state index in [0.717, 1.165) is 33.8 Å². The molecular formula is C18H19N3. The van der Waals surface area contributed by atoms with Gasteiger partial charge in [0, 0.05) is 22.5 Å². The maximum absolute atomic E-state index is 4.53. The molecule has 0 aliphatic rings. The maximum Gasteiger partial charge on any atom is 0.161 e. The molecule has 0 saturated heterocycles. The van der Waals surface area contributed by atoms with Crippen molar-refractivity contribution in [3.05, 3.63) is 58.9 Å². The Kier molecular flexibility index (Phi) is 3.34. The first kappa shape index (κ1) is 13.6. The highest BCUT2D eigenvalue weighted by Crippen LogP contribution is 2.28. The van der Waals surface area contributed by atoms with Gasteiger partial charge in [0.15, 0.2) is 5.65 Å². The lowest BCUT2D eigenvalue weighted by Crippen LogP contribution is -1.99. The number of hydrogen-bond acceptors (Lipinski definition) is 3. The third kappa shape index (κ3) is 2.59. The Morgan fingerprint density at radius 2 is 1.57 bits per heavy atom. The fraction of sp³-hybridized carbons (Fsp3) is 0.222. The summed E-state index contributed by atoms with van der Waals surface area (Å²) in [5, 5.41) is 4.58. The number of benzene rings is 1. The van der Waals surface area contributed by atoms with Gasteiger partial charge in [0.2, 0.25) is 0 Å². The van der Waals surface area contributed by atoms with Gasteiger partial charge in [-0.3, -0.25) is 0 Å². The molecule has 1 N–H and O–H groups in total. The van der Waals surface area contributed by atoms with E-state index >= 15 is 0 Å². The van der Waals surface area contributed by atoms with Crippen LogP contribution in [0, 0.1) is 27.7 Å². The predicted molar refractivity (Wildman–Crippen MR) is 88.2 cm³/mol. The second-order valence-electron chi connectivity index (χ2n) is 5.51.